The van der Waals surface area contributed by atoms with Gasteiger partial charge < -0.3 is 14.8 Å². The number of carbonyl (C=O) groups excluding carboxylic acids is 4. The van der Waals surface area contributed by atoms with Gasteiger partial charge in [-0.15, -0.1) is 0 Å². The van der Waals surface area contributed by atoms with Crippen LogP contribution in [0.4, 0.5) is 5.69 Å². The van der Waals surface area contributed by atoms with Gasteiger partial charge in [0.1, 0.15) is 19.5 Å². The lowest BCUT2D eigenvalue weighted by Crippen LogP contribution is -2.32. The first-order valence-corrected chi connectivity index (χ1v) is 9.44. The number of amides is 1. The quantitative estimate of drug-likeness (QED) is 0.293. The highest BCUT2D eigenvalue weighted by molar-refractivity contribution is 8.94. The SMILES string of the molecule is CC(=O)C1(C(=O)COCC(=O)Nc2ccc(CCC=O)cc2)SS1. The van der Waals surface area contributed by atoms with E-state index in [1.165, 1.54) is 28.5 Å². The molecule has 1 heterocycles. The predicted molar refractivity (Wildman–Crippen MR) is 93.9 cm³/mol. The van der Waals surface area contributed by atoms with Gasteiger partial charge in [-0.3, -0.25) is 14.4 Å². The topological polar surface area (TPSA) is 89.5 Å². The zero-order valence-corrected chi connectivity index (χ0v) is 14.7. The molecule has 1 aromatic carbocycles. The van der Waals surface area contributed by atoms with Gasteiger partial charge in [0, 0.05) is 12.1 Å². The molecule has 1 aromatic rings. The van der Waals surface area contributed by atoms with Crippen LogP contribution in [0.5, 0.6) is 0 Å². The van der Waals surface area contributed by atoms with E-state index in [0.717, 1.165) is 11.8 Å². The molecular formula is C16H17NO5S2. The third-order valence-corrected chi connectivity index (χ3v) is 6.37. The molecule has 1 saturated heterocycles. The van der Waals surface area contributed by atoms with E-state index < -0.39 is 4.08 Å². The standard InChI is InChI=1S/C16H17NO5S2/c1-11(19)16(23-24-16)14(20)9-22-10-15(21)17-13-6-4-12(5-7-13)3-2-8-18/h4-8H,2-3,9-10H2,1H3,(H,17,21). The van der Waals surface area contributed by atoms with Crippen LogP contribution in [-0.2, 0) is 30.3 Å². The number of anilines is 1. The molecule has 1 fully saturated rings. The highest BCUT2D eigenvalue weighted by atomic mass is 33.2. The Kier molecular flexibility index (Phi) is 6.59. The second kappa shape index (κ2) is 8.46. The van der Waals surface area contributed by atoms with Crippen LogP contribution in [0, 0.1) is 0 Å². The molecule has 0 aromatic heterocycles. The molecule has 0 radical (unpaired) electrons. The average molecular weight is 367 g/mol. The Morgan fingerprint density at radius 1 is 1.17 bits per heavy atom. The lowest BCUT2D eigenvalue weighted by atomic mass is 10.1. The fourth-order valence-corrected chi connectivity index (χ4v) is 4.09. The Morgan fingerprint density at radius 2 is 1.83 bits per heavy atom. The van der Waals surface area contributed by atoms with E-state index in [1.54, 1.807) is 12.1 Å². The highest BCUT2D eigenvalue weighted by Crippen LogP contribution is 2.65. The summed E-state index contributed by atoms with van der Waals surface area (Å²) in [6, 6.07) is 7.15. The summed E-state index contributed by atoms with van der Waals surface area (Å²) in [7, 11) is 2.43. The van der Waals surface area contributed by atoms with Crippen molar-refractivity contribution in [2.24, 2.45) is 0 Å². The minimum atomic E-state index is -1.02. The lowest BCUT2D eigenvalue weighted by molar-refractivity contribution is -0.130. The Morgan fingerprint density at radius 3 is 2.38 bits per heavy atom. The Hall–Kier alpha value is -1.64. The normalized spacial score (nSPS) is 14.7. The molecule has 1 amide bonds. The van der Waals surface area contributed by atoms with Crippen LogP contribution in [0.25, 0.3) is 0 Å². The summed E-state index contributed by atoms with van der Waals surface area (Å²) in [4.78, 5) is 45.4. The van der Waals surface area contributed by atoms with Gasteiger partial charge >= 0.3 is 0 Å². The first kappa shape index (κ1) is 18.7. The maximum absolute atomic E-state index is 11.9. The van der Waals surface area contributed by atoms with Crippen LogP contribution in [-0.4, -0.2) is 41.1 Å². The van der Waals surface area contributed by atoms with E-state index >= 15 is 0 Å². The van der Waals surface area contributed by atoms with Crippen molar-refractivity contribution in [3.05, 3.63) is 29.8 Å². The van der Waals surface area contributed by atoms with Crippen molar-refractivity contribution in [3.63, 3.8) is 0 Å². The molecule has 6 nitrogen and oxygen atoms in total. The van der Waals surface area contributed by atoms with Gasteiger partial charge in [0.05, 0.1) is 0 Å². The van der Waals surface area contributed by atoms with Crippen molar-refractivity contribution < 1.29 is 23.9 Å². The first-order chi connectivity index (χ1) is 11.5. The summed E-state index contributed by atoms with van der Waals surface area (Å²) in [6.45, 7) is 0.843. The number of carbonyl (C=O) groups is 4. The van der Waals surface area contributed by atoms with E-state index in [1.807, 2.05) is 12.1 Å². The average Bonchev–Trinajstić information content (AvgIpc) is 3.36. The van der Waals surface area contributed by atoms with E-state index in [4.69, 9.17) is 4.74 Å². The summed E-state index contributed by atoms with van der Waals surface area (Å²) in [5, 5.41) is 2.65. The molecule has 1 N–H and O–H groups in total. The Balaban J connectivity index is 1.72. The molecule has 2 rings (SSSR count). The minimum absolute atomic E-state index is 0.203. The van der Waals surface area contributed by atoms with Crippen LogP contribution in [0.15, 0.2) is 24.3 Å². The molecule has 0 saturated carbocycles. The second-order valence-electron chi connectivity index (χ2n) is 5.21. The Labute approximate surface area is 147 Å². The number of aldehydes is 1. The van der Waals surface area contributed by atoms with E-state index in [0.29, 0.717) is 18.5 Å². The van der Waals surface area contributed by atoms with Crippen LogP contribution in [0.1, 0.15) is 18.9 Å². The molecule has 8 heteroatoms. The Bertz CT molecular complexity index is 640. The van der Waals surface area contributed by atoms with Crippen molar-refractivity contribution >= 4 is 51.0 Å². The minimum Gasteiger partial charge on any atom is -0.364 e. The van der Waals surface area contributed by atoms with E-state index in [2.05, 4.69) is 5.32 Å². The number of Topliss-reactive ketones (excluding diaryl/α,β-unsaturated/α-hetero) is 2. The molecule has 128 valence electrons. The number of ether oxygens (including phenoxy) is 1. The largest absolute Gasteiger partial charge is 0.364 e. The maximum atomic E-state index is 11.9. The molecule has 1 aliphatic rings. The van der Waals surface area contributed by atoms with Gasteiger partial charge in [-0.25, -0.2) is 0 Å². The lowest BCUT2D eigenvalue weighted by Gasteiger charge is -2.09. The monoisotopic (exact) mass is 367 g/mol. The van der Waals surface area contributed by atoms with E-state index in [9.17, 15) is 19.2 Å². The number of hydrogen-bond acceptors (Lipinski definition) is 7. The molecule has 0 atom stereocenters. The number of ketones is 2. The fourth-order valence-electron chi connectivity index (χ4n) is 1.96. The zero-order chi connectivity index (χ0) is 17.6. The van der Waals surface area contributed by atoms with Gasteiger partial charge in [-0.2, -0.15) is 0 Å². The summed E-state index contributed by atoms with van der Waals surface area (Å²) >= 11 is 0. The summed E-state index contributed by atoms with van der Waals surface area (Å²) in [5.74, 6) is -0.904. The van der Waals surface area contributed by atoms with Gasteiger partial charge in [-0.05, 0) is 31.0 Å². The molecule has 0 aliphatic carbocycles. The maximum Gasteiger partial charge on any atom is 0.250 e. The summed E-state index contributed by atoms with van der Waals surface area (Å²) in [5.41, 5.74) is 1.62. The molecule has 0 spiro atoms. The van der Waals surface area contributed by atoms with Crippen LogP contribution in [0.2, 0.25) is 0 Å². The molecule has 0 bridgehead atoms. The highest BCUT2D eigenvalue weighted by Gasteiger charge is 2.57. The van der Waals surface area contributed by atoms with Gasteiger partial charge in [-0.1, -0.05) is 33.7 Å². The van der Waals surface area contributed by atoms with Crippen molar-refractivity contribution in [1.82, 2.24) is 0 Å². The van der Waals surface area contributed by atoms with Crippen LogP contribution in [0.3, 0.4) is 0 Å². The fraction of sp³-hybridized carbons (Fsp3) is 0.375. The van der Waals surface area contributed by atoms with Crippen molar-refractivity contribution in [1.29, 1.82) is 0 Å². The second-order valence-corrected chi connectivity index (χ2v) is 8.02. The van der Waals surface area contributed by atoms with E-state index in [-0.39, 0.29) is 30.7 Å². The summed E-state index contributed by atoms with van der Waals surface area (Å²) in [6.07, 6.45) is 1.99. The van der Waals surface area contributed by atoms with Crippen LogP contribution >= 0.6 is 21.6 Å². The van der Waals surface area contributed by atoms with Crippen LogP contribution < -0.4 is 5.32 Å². The summed E-state index contributed by atoms with van der Waals surface area (Å²) < 4.78 is 4.08. The van der Waals surface area contributed by atoms with Gasteiger partial charge in [0.25, 0.3) is 0 Å². The van der Waals surface area contributed by atoms with Gasteiger partial charge in [0.2, 0.25) is 5.91 Å². The first-order valence-electron chi connectivity index (χ1n) is 7.29. The molecule has 24 heavy (non-hydrogen) atoms. The third-order valence-electron chi connectivity index (χ3n) is 3.34. The van der Waals surface area contributed by atoms with Crippen molar-refractivity contribution in [2.45, 2.75) is 23.8 Å². The van der Waals surface area contributed by atoms with Crippen molar-refractivity contribution in [3.8, 4) is 0 Å². The molecular weight excluding hydrogens is 350 g/mol. The smallest absolute Gasteiger partial charge is 0.250 e. The molecule has 0 unspecified atom stereocenters. The van der Waals surface area contributed by atoms with Gasteiger partial charge in [0.15, 0.2) is 15.6 Å². The number of rotatable bonds is 10. The van der Waals surface area contributed by atoms with Crippen molar-refractivity contribution in [2.75, 3.05) is 18.5 Å². The zero-order valence-electron chi connectivity index (χ0n) is 13.1. The number of hydrogen-bond donors (Lipinski definition) is 1. The molecule has 1 aliphatic heterocycles. The number of nitrogens with one attached hydrogen (secondary N) is 1. The number of benzene rings is 1. The number of aryl methyl sites for hydroxylation is 1. The third kappa shape index (κ3) is 4.93. The predicted octanol–water partition coefficient (Wildman–Crippen LogP) is 2.02.